The molecule has 1 aromatic rings. The number of nitrogens with zero attached hydrogens (tertiary/aromatic N) is 1. The van der Waals surface area contributed by atoms with Gasteiger partial charge in [0.25, 0.3) is 5.91 Å². The van der Waals surface area contributed by atoms with Crippen LogP contribution in [0.15, 0.2) is 24.3 Å². The number of halogens is 1. The summed E-state index contributed by atoms with van der Waals surface area (Å²) in [6, 6.07) is 6.50. The van der Waals surface area contributed by atoms with Gasteiger partial charge in [-0.15, -0.1) is 0 Å². The second kappa shape index (κ2) is 6.24. The van der Waals surface area contributed by atoms with Gasteiger partial charge in [0.1, 0.15) is 12.6 Å². The van der Waals surface area contributed by atoms with Gasteiger partial charge in [0.05, 0.1) is 6.10 Å². The van der Waals surface area contributed by atoms with Gasteiger partial charge in [-0.2, -0.15) is 0 Å². The summed E-state index contributed by atoms with van der Waals surface area (Å²) >= 11 is 5.80. The van der Waals surface area contributed by atoms with E-state index < -0.39 is 18.6 Å². The van der Waals surface area contributed by atoms with Gasteiger partial charge in [0.15, 0.2) is 0 Å². The number of amides is 1. The smallest absolute Gasteiger partial charge is 0.323 e. The number of hydrogen-bond acceptors (Lipinski definition) is 3. The van der Waals surface area contributed by atoms with Crippen LogP contribution in [0.25, 0.3) is 0 Å². The Morgan fingerprint density at radius 1 is 1.35 bits per heavy atom. The average molecular weight is 298 g/mol. The van der Waals surface area contributed by atoms with E-state index in [1.54, 1.807) is 24.3 Å². The maximum absolute atomic E-state index is 12.4. The van der Waals surface area contributed by atoms with Crippen LogP contribution in [0, 0.1) is 0 Å². The molecule has 0 aromatic heterocycles. The van der Waals surface area contributed by atoms with Gasteiger partial charge < -0.3 is 9.84 Å². The topological polar surface area (TPSA) is 66.8 Å². The predicted molar refractivity (Wildman–Crippen MR) is 75.0 cm³/mol. The van der Waals surface area contributed by atoms with Crippen LogP contribution in [-0.4, -0.2) is 35.7 Å². The van der Waals surface area contributed by atoms with Crippen molar-refractivity contribution in [1.82, 2.24) is 0 Å². The highest BCUT2D eigenvalue weighted by Gasteiger charge is 2.33. The highest BCUT2D eigenvalue weighted by molar-refractivity contribution is 6.30. The molecule has 1 aromatic carbocycles. The molecule has 1 aliphatic heterocycles. The zero-order chi connectivity index (χ0) is 14.7. The van der Waals surface area contributed by atoms with Crippen molar-refractivity contribution in [1.29, 1.82) is 0 Å². The minimum Gasteiger partial charge on any atom is -0.480 e. The minimum absolute atomic E-state index is 0.0286. The quantitative estimate of drug-likeness (QED) is 0.926. The van der Waals surface area contributed by atoms with E-state index in [0.717, 1.165) is 6.42 Å². The van der Waals surface area contributed by atoms with Crippen molar-refractivity contribution in [2.75, 3.05) is 11.4 Å². The highest BCUT2D eigenvalue weighted by Crippen LogP contribution is 2.24. The molecule has 0 bridgehead atoms. The first-order chi connectivity index (χ1) is 9.47. The molecule has 1 N–H and O–H groups in total. The molecule has 20 heavy (non-hydrogen) atoms. The molecule has 108 valence electrons. The number of benzene rings is 1. The monoisotopic (exact) mass is 297 g/mol. The van der Waals surface area contributed by atoms with Crippen LogP contribution < -0.4 is 4.90 Å². The van der Waals surface area contributed by atoms with Gasteiger partial charge >= 0.3 is 5.97 Å². The van der Waals surface area contributed by atoms with E-state index in [9.17, 15) is 9.59 Å². The summed E-state index contributed by atoms with van der Waals surface area (Å²) in [5, 5.41) is 9.51. The van der Waals surface area contributed by atoms with Crippen LogP contribution in [0.3, 0.4) is 0 Å². The Labute approximate surface area is 122 Å². The van der Waals surface area contributed by atoms with Crippen molar-refractivity contribution in [3.05, 3.63) is 29.3 Å². The van der Waals surface area contributed by atoms with E-state index in [0.29, 0.717) is 17.1 Å². The molecule has 2 atom stereocenters. The fourth-order valence-corrected chi connectivity index (χ4v) is 2.34. The Morgan fingerprint density at radius 3 is 2.50 bits per heavy atom. The van der Waals surface area contributed by atoms with E-state index in [1.807, 2.05) is 6.92 Å². The number of rotatable bonds is 4. The molecule has 2 unspecified atom stereocenters. The van der Waals surface area contributed by atoms with Gasteiger partial charge in [0, 0.05) is 10.7 Å². The number of aliphatic carboxylic acids is 1. The lowest BCUT2D eigenvalue weighted by Crippen LogP contribution is -2.42. The highest BCUT2D eigenvalue weighted by atomic mass is 35.5. The SMILES string of the molecule is CC1CCC(C(=O)N(CC(=O)O)c2ccc(Cl)cc2)O1. The van der Waals surface area contributed by atoms with Crippen LogP contribution in [0.5, 0.6) is 0 Å². The summed E-state index contributed by atoms with van der Waals surface area (Å²) in [6.45, 7) is 1.51. The summed E-state index contributed by atoms with van der Waals surface area (Å²) in [5.74, 6) is -1.39. The molecular weight excluding hydrogens is 282 g/mol. The largest absolute Gasteiger partial charge is 0.480 e. The van der Waals surface area contributed by atoms with Gasteiger partial charge in [0.2, 0.25) is 0 Å². The normalized spacial score (nSPS) is 21.7. The minimum atomic E-state index is -1.07. The molecule has 0 spiro atoms. The van der Waals surface area contributed by atoms with Crippen molar-refractivity contribution in [3.63, 3.8) is 0 Å². The van der Waals surface area contributed by atoms with Gasteiger partial charge in [-0.3, -0.25) is 14.5 Å². The lowest BCUT2D eigenvalue weighted by atomic mass is 10.1. The van der Waals surface area contributed by atoms with E-state index in [4.69, 9.17) is 21.4 Å². The Kier molecular flexibility index (Phi) is 4.62. The lowest BCUT2D eigenvalue weighted by Gasteiger charge is -2.24. The Hall–Kier alpha value is -1.59. The van der Waals surface area contributed by atoms with Crippen LogP contribution in [0.2, 0.25) is 5.02 Å². The molecule has 1 saturated heterocycles. The fraction of sp³-hybridized carbons (Fsp3) is 0.429. The first-order valence-corrected chi connectivity index (χ1v) is 6.79. The molecular formula is C14H16ClNO4. The number of carboxylic acid groups (broad SMARTS) is 1. The maximum Gasteiger partial charge on any atom is 0.323 e. The molecule has 0 radical (unpaired) electrons. The molecule has 0 saturated carbocycles. The number of carboxylic acids is 1. The first-order valence-electron chi connectivity index (χ1n) is 6.41. The van der Waals surface area contributed by atoms with Crippen LogP contribution in [0.4, 0.5) is 5.69 Å². The molecule has 1 fully saturated rings. The van der Waals surface area contributed by atoms with Crippen molar-refractivity contribution in [2.45, 2.75) is 32.0 Å². The molecule has 1 aliphatic rings. The molecule has 1 heterocycles. The van der Waals surface area contributed by atoms with Crippen molar-refractivity contribution >= 4 is 29.2 Å². The average Bonchev–Trinajstić information content (AvgIpc) is 2.83. The third-order valence-electron chi connectivity index (χ3n) is 3.21. The molecule has 2 rings (SSSR count). The van der Waals surface area contributed by atoms with E-state index in [2.05, 4.69) is 0 Å². The second-order valence-corrected chi connectivity index (χ2v) is 5.24. The zero-order valence-electron chi connectivity index (χ0n) is 11.1. The maximum atomic E-state index is 12.4. The van der Waals surface area contributed by atoms with Crippen molar-refractivity contribution in [2.24, 2.45) is 0 Å². The number of hydrogen-bond donors (Lipinski definition) is 1. The fourth-order valence-electron chi connectivity index (χ4n) is 2.21. The first kappa shape index (κ1) is 14.8. The summed E-state index contributed by atoms with van der Waals surface area (Å²) in [4.78, 5) is 24.6. The summed E-state index contributed by atoms with van der Waals surface area (Å²) in [5.41, 5.74) is 0.505. The van der Waals surface area contributed by atoms with E-state index in [1.165, 1.54) is 4.90 Å². The standard InChI is InChI=1S/C14H16ClNO4/c1-9-2-7-12(20-9)14(19)16(8-13(17)18)11-5-3-10(15)4-6-11/h3-6,9,12H,2,7-8H2,1H3,(H,17,18). The third-order valence-corrected chi connectivity index (χ3v) is 3.46. The molecule has 0 aliphatic carbocycles. The Morgan fingerprint density at radius 2 is 2.00 bits per heavy atom. The predicted octanol–water partition coefficient (Wildman–Crippen LogP) is 2.33. The Bertz CT molecular complexity index is 502. The number of anilines is 1. The Balaban J connectivity index is 2.20. The van der Waals surface area contributed by atoms with Crippen LogP contribution >= 0.6 is 11.6 Å². The number of carbonyl (C=O) groups is 2. The van der Waals surface area contributed by atoms with Crippen molar-refractivity contribution < 1.29 is 19.4 Å². The van der Waals surface area contributed by atoms with Crippen LogP contribution in [0.1, 0.15) is 19.8 Å². The summed E-state index contributed by atoms with van der Waals surface area (Å²) in [7, 11) is 0. The zero-order valence-corrected chi connectivity index (χ0v) is 11.8. The second-order valence-electron chi connectivity index (χ2n) is 4.81. The van der Waals surface area contributed by atoms with Gasteiger partial charge in [-0.1, -0.05) is 11.6 Å². The van der Waals surface area contributed by atoms with E-state index >= 15 is 0 Å². The van der Waals surface area contributed by atoms with Crippen molar-refractivity contribution in [3.8, 4) is 0 Å². The lowest BCUT2D eigenvalue weighted by molar-refractivity contribution is -0.138. The number of ether oxygens (including phenoxy) is 1. The summed E-state index contributed by atoms with van der Waals surface area (Å²) in [6.07, 6.45) is 0.877. The molecule has 1 amide bonds. The van der Waals surface area contributed by atoms with Crippen LogP contribution in [-0.2, 0) is 14.3 Å². The third kappa shape index (κ3) is 3.49. The van der Waals surface area contributed by atoms with E-state index in [-0.39, 0.29) is 12.0 Å². The molecule has 6 heteroatoms. The van der Waals surface area contributed by atoms with Gasteiger partial charge in [-0.25, -0.2) is 0 Å². The summed E-state index contributed by atoms with van der Waals surface area (Å²) < 4.78 is 5.52. The number of carbonyl (C=O) groups excluding carboxylic acids is 1. The molecule has 5 nitrogen and oxygen atoms in total. The van der Waals surface area contributed by atoms with Gasteiger partial charge in [-0.05, 0) is 44.0 Å².